The average molecular weight is 367 g/mol. The molecule has 0 bridgehead atoms. The van der Waals surface area contributed by atoms with Crippen molar-refractivity contribution in [1.82, 2.24) is 10.3 Å². The van der Waals surface area contributed by atoms with Crippen molar-refractivity contribution in [2.75, 3.05) is 4.90 Å². The monoisotopic (exact) mass is 367 g/mol. The number of amides is 2. The second kappa shape index (κ2) is 7.02. The number of H-pyrrole nitrogens is 1. The van der Waals surface area contributed by atoms with Crippen molar-refractivity contribution in [3.05, 3.63) is 63.6 Å². The second-order valence-corrected chi connectivity index (χ2v) is 8.00. The minimum absolute atomic E-state index is 0.121. The summed E-state index contributed by atoms with van der Waals surface area (Å²) in [6.07, 6.45) is 3.45. The van der Waals surface area contributed by atoms with E-state index in [-0.39, 0.29) is 23.4 Å². The normalized spacial score (nSPS) is 13.9. The first kappa shape index (κ1) is 18.9. The van der Waals surface area contributed by atoms with Crippen LogP contribution in [-0.4, -0.2) is 28.4 Å². The van der Waals surface area contributed by atoms with E-state index in [1.54, 1.807) is 17.0 Å². The Hall–Kier alpha value is -2.89. The highest BCUT2D eigenvalue weighted by atomic mass is 16.2. The molecule has 142 valence electrons. The van der Waals surface area contributed by atoms with Gasteiger partial charge in [-0.05, 0) is 64.3 Å². The molecule has 1 aliphatic carbocycles. The Morgan fingerprint density at radius 2 is 1.78 bits per heavy atom. The Kier molecular flexibility index (Phi) is 4.91. The highest BCUT2D eigenvalue weighted by Gasteiger charge is 2.31. The number of benzene rings is 1. The Morgan fingerprint density at radius 1 is 1.11 bits per heavy atom. The van der Waals surface area contributed by atoms with Crippen molar-refractivity contribution in [2.24, 2.45) is 0 Å². The quantitative estimate of drug-likeness (QED) is 0.871. The number of carbonyl (C=O) groups is 2. The molecule has 6 heteroatoms. The maximum atomic E-state index is 13.2. The molecule has 1 fully saturated rings. The lowest BCUT2D eigenvalue weighted by molar-refractivity contribution is 0.0944. The maximum Gasteiger partial charge on any atom is 0.260 e. The Balaban J connectivity index is 2.01. The molecule has 2 amide bonds. The Labute approximate surface area is 158 Å². The zero-order valence-corrected chi connectivity index (χ0v) is 16.1. The summed E-state index contributed by atoms with van der Waals surface area (Å²) in [5, 5.41) is 2.98. The molecule has 0 saturated heterocycles. The summed E-state index contributed by atoms with van der Waals surface area (Å²) in [5.41, 5.74) is 1.71. The van der Waals surface area contributed by atoms with Gasteiger partial charge in [-0.3, -0.25) is 14.4 Å². The van der Waals surface area contributed by atoms with E-state index in [2.05, 4.69) is 10.3 Å². The van der Waals surface area contributed by atoms with Crippen molar-refractivity contribution >= 4 is 17.5 Å². The molecule has 2 aromatic rings. The van der Waals surface area contributed by atoms with E-state index >= 15 is 0 Å². The molecule has 0 radical (unpaired) electrons. The number of pyridine rings is 1. The van der Waals surface area contributed by atoms with Crippen LogP contribution in [0.4, 0.5) is 5.69 Å². The van der Waals surface area contributed by atoms with Crippen LogP contribution in [0.15, 0.2) is 41.3 Å². The SMILES string of the molecule is Cc1ccc(C(=O)NC2CC2)cc1N(C(=O)c1ccc(=O)[nH]c1)C(C)(C)C. The highest BCUT2D eigenvalue weighted by molar-refractivity contribution is 6.08. The molecule has 1 aliphatic rings. The Morgan fingerprint density at radius 3 is 2.33 bits per heavy atom. The molecule has 1 aromatic heterocycles. The molecule has 0 spiro atoms. The molecule has 27 heavy (non-hydrogen) atoms. The first-order valence-electron chi connectivity index (χ1n) is 9.11. The van der Waals surface area contributed by atoms with E-state index in [9.17, 15) is 14.4 Å². The van der Waals surface area contributed by atoms with Gasteiger partial charge in [0.25, 0.3) is 11.8 Å². The molecular formula is C21H25N3O3. The molecular weight excluding hydrogens is 342 g/mol. The van der Waals surface area contributed by atoms with Crippen LogP contribution in [0.5, 0.6) is 0 Å². The summed E-state index contributed by atoms with van der Waals surface area (Å²) in [5.74, 6) is -0.356. The average Bonchev–Trinajstić information content (AvgIpc) is 3.40. The van der Waals surface area contributed by atoms with Crippen molar-refractivity contribution in [1.29, 1.82) is 0 Å². The Bertz CT molecular complexity index is 916. The first-order chi connectivity index (χ1) is 12.7. The van der Waals surface area contributed by atoms with Crippen LogP contribution in [0.25, 0.3) is 0 Å². The molecule has 0 unspecified atom stereocenters. The minimum atomic E-state index is -0.524. The zero-order valence-electron chi connectivity index (χ0n) is 16.1. The number of aryl methyl sites for hydroxylation is 1. The van der Waals surface area contributed by atoms with E-state index in [1.807, 2.05) is 33.8 Å². The maximum absolute atomic E-state index is 13.2. The van der Waals surface area contributed by atoms with E-state index in [0.29, 0.717) is 16.8 Å². The van der Waals surface area contributed by atoms with E-state index < -0.39 is 5.54 Å². The number of hydrogen-bond donors (Lipinski definition) is 2. The number of carbonyl (C=O) groups excluding carboxylic acids is 2. The third-order valence-corrected chi connectivity index (χ3v) is 4.53. The summed E-state index contributed by atoms with van der Waals surface area (Å²) in [6.45, 7) is 7.73. The molecule has 0 atom stereocenters. The fourth-order valence-electron chi connectivity index (χ4n) is 2.94. The van der Waals surface area contributed by atoms with E-state index in [0.717, 1.165) is 18.4 Å². The van der Waals surface area contributed by atoms with Gasteiger partial charge in [0.1, 0.15) is 0 Å². The van der Waals surface area contributed by atoms with Crippen LogP contribution in [0.2, 0.25) is 0 Å². The lowest BCUT2D eigenvalue weighted by Gasteiger charge is -2.37. The number of nitrogens with one attached hydrogen (secondary N) is 2. The van der Waals surface area contributed by atoms with Gasteiger partial charge in [-0.1, -0.05) is 6.07 Å². The number of aromatic nitrogens is 1. The third-order valence-electron chi connectivity index (χ3n) is 4.53. The second-order valence-electron chi connectivity index (χ2n) is 8.00. The fourth-order valence-corrected chi connectivity index (χ4v) is 2.94. The predicted molar refractivity (Wildman–Crippen MR) is 105 cm³/mol. The number of hydrogen-bond acceptors (Lipinski definition) is 3. The number of anilines is 1. The number of rotatable bonds is 4. The van der Waals surface area contributed by atoms with Gasteiger partial charge in [0.2, 0.25) is 5.56 Å². The van der Waals surface area contributed by atoms with E-state index in [1.165, 1.54) is 18.3 Å². The topological polar surface area (TPSA) is 82.3 Å². The predicted octanol–water partition coefficient (Wildman–Crippen LogP) is 3.02. The summed E-state index contributed by atoms with van der Waals surface area (Å²) < 4.78 is 0. The van der Waals surface area contributed by atoms with E-state index in [4.69, 9.17) is 0 Å². The van der Waals surface area contributed by atoms with Gasteiger partial charge in [0, 0.05) is 35.1 Å². The van der Waals surface area contributed by atoms with Crippen molar-refractivity contribution in [2.45, 2.75) is 52.1 Å². The standard InChI is InChI=1S/C21H25N3O3/c1-13-5-6-14(19(26)23-16-8-9-16)11-17(13)24(21(2,3)4)20(27)15-7-10-18(25)22-12-15/h5-7,10-12,16H,8-9H2,1-4H3,(H,22,25)(H,23,26). The summed E-state index contributed by atoms with van der Waals surface area (Å²) in [4.78, 5) is 41.2. The lowest BCUT2D eigenvalue weighted by atomic mass is 9.99. The first-order valence-corrected chi connectivity index (χ1v) is 9.11. The molecule has 1 aromatic carbocycles. The third kappa shape index (κ3) is 4.27. The van der Waals surface area contributed by atoms with Gasteiger partial charge in [0.05, 0.1) is 5.56 Å². The molecule has 0 aliphatic heterocycles. The van der Waals surface area contributed by atoms with Gasteiger partial charge >= 0.3 is 0 Å². The van der Waals surface area contributed by atoms with Crippen LogP contribution < -0.4 is 15.8 Å². The van der Waals surface area contributed by atoms with Crippen molar-refractivity contribution < 1.29 is 9.59 Å². The molecule has 3 rings (SSSR count). The van der Waals surface area contributed by atoms with Gasteiger partial charge in [-0.2, -0.15) is 0 Å². The van der Waals surface area contributed by atoms with Gasteiger partial charge < -0.3 is 15.2 Å². The zero-order chi connectivity index (χ0) is 19.8. The van der Waals surface area contributed by atoms with Gasteiger partial charge in [-0.15, -0.1) is 0 Å². The van der Waals surface area contributed by atoms with Gasteiger partial charge in [-0.25, -0.2) is 0 Å². The number of nitrogens with zero attached hydrogens (tertiary/aromatic N) is 1. The largest absolute Gasteiger partial charge is 0.349 e. The smallest absolute Gasteiger partial charge is 0.260 e. The lowest BCUT2D eigenvalue weighted by Crippen LogP contribution is -2.46. The van der Waals surface area contributed by atoms with Crippen LogP contribution in [-0.2, 0) is 0 Å². The molecule has 1 saturated carbocycles. The number of aromatic amines is 1. The highest BCUT2D eigenvalue weighted by Crippen LogP contribution is 2.30. The van der Waals surface area contributed by atoms with Crippen LogP contribution in [0.3, 0.4) is 0 Å². The van der Waals surface area contributed by atoms with Crippen LogP contribution in [0.1, 0.15) is 59.9 Å². The van der Waals surface area contributed by atoms with Crippen molar-refractivity contribution in [3.63, 3.8) is 0 Å². The molecule has 1 heterocycles. The van der Waals surface area contributed by atoms with Crippen LogP contribution in [0, 0.1) is 6.92 Å². The van der Waals surface area contributed by atoms with Crippen LogP contribution >= 0.6 is 0 Å². The van der Waals surface area contributed by atoms with Gasteiger partial charge in [0.15, 0.2) is 0 Å². The van der Waals surface area contributed by atoms with Crippen molar-refractivity contribution in [3.8, 4) is 0 Å². The minimum Gasteiger partial charge on any atom is -0.349 e. The fraction of sp³-hybridized carbons (Fsp3) is 0.381. The molecule has 6 nitrogen and oxygen atoms in total. The summed E-state index contributed by atoms with van der Waals surface area (Å²) in [6, 6.07) is 8.52. The summed E-state index contributed by atoms with van der Waals surface area (Å²) in [7, 11) is 0. The molecule has 2 N–H and O–H groups in total. The summed E-state index contributed by atoms with van der Waals surface area (Å²) >= 11 is 0.